The maximum absolute atomic E-state index is 11.7. The maximum atomic E-state index is 11.7. The highest BCUT2D eigenvalue weighted by atomic mass is 16.2. The zero-order valence-corrected chi connectivity index (χ0v) is 10.3. The summed E-state index contributed by atoms with van der Waals surface area (Å²) in [7, 11) is 0. The van der Waals surface area contributed by atoms with Crippen LogP contribution in [0.5, 0.6) is 0 Å². The van der Waals surface area contributed by atoms with Gasteiger partial charge in [0.05, 0.1) is 5.92 Å². The second-order valence-corrected chi connectivity index (χ2v) is 4.60. The molecule has 0 spiro atoms. The Balaban J connectivity index is 3.13. The first-order valence-electron chi connectivity index (χ1n) is 5.41. The van der Waals surface area contributed by atoms with Gasteiger partial charge in [-0.2, -0.15) is 0 Å². The van der Waals surface area contributed by atoms with Crippen molar-refractivity contribution in [1.29, 1.82) is 0 Å². The molecule has 3 N–H and O–H groups in total. The van der Waals surface area contributed by atoms with Crippen molar-refractivity contribution in [3.05, 3.63) is 35.6 Å². The molecule has 0 saturated carbocycles. The van der Waals surface area contributed by atoms with Gasteiger partial charge < -0.3 is 11.1 Å². The molecule has 0 aliphatic carbocycles. The molecule has 2 atom stereocenters. The first-order chi connectivity index (χ1) is 7.36. The van der Waals surface area contributed by atoms with E-state index in [0.29, 0.717) is 12.2 Å². The molecule has 0 bridgehead atoms. The Kier molecular flexibility index (Phi) is 3.58. The number of nitrogens with one attached hydrogen (secondary N) is 1. The summed E-state index contributed by atoms with van der Waals surface area (Å²) >= 11 is 0. The van der Waals surface area contributed by atoms with E-state index in [-0.39, 0.29) is 17.7 Å². The molecule has 0 radical (unpaired) electrons. The molecule has 1 fully saturated rings. The van der Waals surface area contributed by atoms with Crippen LogP contribution in [0.2, 0.25) is 0 Å². The summed E-state index contributed by atoms with van der Waals surface area (Å²) in [5, 5.41) is 2.84. The van der Waals surface area contributed by atoms with Gasteiger partial charge in [0.25, 0.3) is 0 Å². The second-order valence-electron chi connectivity index (χ2n) is 4.60. The van der Waals surface area contributed by atoms with Gasteiger partial charge in [-0.15, -0.1) is 0 Å². The van der Waals surface area contributed by atoms with Crippen molar-refractivity contribution in [2.45, 2.75) is 20.8 Å². The molecule has 3 nitrogen and oxygen atoms in total. The Labute approximate surface area is 97.1 Å². The fourth-order valence-electron chi connectivity index (χ4n) is 2.43. The number of allylic oxidation sites excluding steroid dienone is 2. The molecule has 1 aliphatic heterocycles. The number of nitrogens with two attached hydrogens (primary N) is 1. The SMILES string of the molecule is C=C(C)C(=C(C)C)[C@H]1CNC(=O)[C@@H]1C(=C)N. The third-order valence-electron chi connectivity index (χ3n) is 2.95. The normalized spacial score (nSPS) is 23.8. The third-order valence-corrected chi connectivity index (χ3v) is 2.95. The molecule has 1 saturated heterocycles. The highest BCUT2D eigenvalue weighted by Gasteiger charge is 2.38. The van der Waals surface area contributed by atoms with Crippen LogP contribution < -0.4 is 11.1 Å². The largest absolute Gasteiger partial charge is 0.402 e. The average Bonchev–Trinajstić information content (AvgIpc) is 2.46. The minimum atomic E-state index is -0.318. The van der Waals surface area contributed by atoms with E-state index in [1.807, 2.05) is 20.8 Å². The Morgan fingerprint density at radius 2 is 1.94 bits per heavy atom. The highest BCUT2D eigenvalue weighted by Crippen LogP contribution is 2.33. The second kappa shape index (κ2) is 4.56. The summed E-state index contributed by atoms with van der Waals surface area (Å²) in [6.45, 7) is 14.3. The zero-order chi connectivity index (χ0) is 12.5. The van der Waals surface area contributed by atoms with Crippen molar-refractivity contribution in [2.24, 2.45) is 17.6 Å². The molecule has 0 aromatic rings. The first kappa shape index (κ1) is 12.6. The fourth-order valence-corrected chi connectivity index (χ4v) is 2.43. The molecule has 0 aromatic heterocycles. The summed E-state index contributed by atoms with van der Waals surface area (Å²) in [6.07, 6.45) is 0. The van der Waals surface area contributed by atoms with Crippen LogP contribution in [0.15, 0.2) is 35.6 Å². The number of rotatable bonds is 3. The lowest BCUT2D eigenvalue weighted by atomic mass is 9.81. The average molecular weight is 220 g/mol. The van der Waals surface area contributed by atoms with E-state index < -0.39 is 0 Å². The van der Waals surface area contributed by atoms with E-state index in [0.717, 1.165) is 11.1 Å². The lowest BCUT2D eigenvalue weighted by Gasteiger charge is -2.22. The van der Waals surface area contributed by atoms with E-state index >= 15 is 0 Å². The Hall–Kier alpha value is -1.51. The number of amides is 1. The lowest BCUT2D eigenvalue weighted by Crippen LogP contribution is -2.25. The molecule has 0 unspecified atom stereocenters. The van der Waals surface area contributed by atoms with Crippen LogP contribution in [0.4, 0.5) is 0 Å². The van der Waals surface area contributed by atoms with Crippen LogP contribution in [0.3, 0.4) is 0 Å². The summed E-state index contributed by atoms with van der Waals surface area (Å²) in [5.74, 6) is -0.272. The summed E-state index contributed by atoms with van der Waals surface area (Å²) in [4.78, 5) is 11.7. The molecule has 0 aromatic carbocycles. The van der Waals surface area contributed by atoms with Crippen molar-refractivity contribution in [3.63, 3.8) is 0 Å². The fraction of sp³-hybridized carbons (Fsp3) is 0.462. The van der Waals surface area contributed by atoms with E-state index in [1.54, 1.807) is 0 Å². The van der Waals surface area contributed by atoms with Gasteiger partial charge in [0.15, 0.2) is 0 Å². The van der Waals surface area contributed by atoms with Crippen molar-refractivity contribution in [3.8, 4) is 0 Å². The third kappa shape index (κ3) is 2.18. The summed E-state index contributed by atoms with van der Waals surface area (Å²) < 4.78 is 0. The van der Waals surface area contributed by atoms with Gasteiger partial charge in [0, 0.05) is 18.2 Å². The standard InChI is InChI=1S/C13H20N2O/c1-7(2)11(8(3)4)10-6-15-13(16)12(10)9(5)14/h10,12H,1,5-6,14H2,2-4H3,(H,15,16)/t10-,12-/m1/s1. The van der Waals surface area contributed by atoms with E-state index in [2.05, 4.69) is 18.5 Å². The van der Waals surface area contributed by atoms with Crippen molar-refractivity contribution in [2.75, 3.05) is 6.54 Å². The lowest BCUT2D eigenvalue weighted by molar-refractivity contribution is -0.121. The van der Waals surface area contributed by atoms with Gasteiger partial charge in [-0.25, -0.2) is 0 Å². The molecule has 1 heterocycles. The van der Waals surface area contributed by atoms with Crippen LogP contribution in [0, 0.1) is 11.8 Å². The number of hydrogen-bond acceptors (Lipinski definition) is 2. The summed E-state index contributed by atoms with van der Waals surface area (Å²) in [5.41, 5.74) is 9.45. The van der Waals surface area contributed by atoms with Crippen molar-refractivity contribution in [1.82, 2.24) is 5.32 Å². The van der Waals surface area contributed by atoms with Crippen molar-refractivity contribution >= 4 is 5.91 Å². The highest BCUT2D eigenvalue weighted by molar-refractivity contribution is 5.84. The van der Waals surface area contributed by atoms with Crippen LogP contribution in [-0.2, 0) is 4.79 Å². The quantitative estimate of drug-likeness (QED) is 0.712. The molecular formula is C13H20N2O. The van der Waals surface area contributed by atoms with Gasteiger partial charge in [-0.1, -0.05) is 24.3 Å². The minimum Gasteiger partial charge on any atom is -0.402 e. The molecule has 3 heteroatoms. The smallest absolute Gasteiger partial charge is 0.229 e. The number of carbonyl (C=O) groups is 1. The van der Waals surface area contributed by atoms with E-state index in [1.165, 1.54) is 5.57 Å². The van der Waals surface area contributed by atoms with Crippen LogP contribution in [-0.4, -0.2) is 12.5 Å². The molecule has 1 aliphatic rings. The van der Waals surface area contributed by atoms with Gasteiger partial charge in [0.1, 0.15) is 0 Å². The number of hydrogen-bond donors (Lipinski definition) is 2. The van der Waals surface area contributed by atoms with Crippen LogP contribution in [0.25, 0.3) is 0 Å². The molecule has 1 rings (SSSR count). The van der Waals surface area contributed by atoms with Crippen LogP contribution >= 0.6 is 0 Å². The molecule has 1 amide bonds. The van der Waals surface area contributed by atoms with Gasteiger partial charge >= 0.3 is 0 Å². The van der Waals surface area contributed by atoms with Crippen LogP contribution in [0.1, 0.15) is 20.8 Å². The van der Waals surface area contributed by atoms with Gasteiger partial charge in [-0.3, -0.25) is 4.79 Å². The monoisotopic (exact) mass is 220 g/mol. The predicted molar refractivity (Wildman–Crippen MR) is 66.5 cm³/mol. The predicted octanol–water partition coefficient (Wildman–Crippen LogP) is 1.73. The maximum Gasteiger partial charge on any atom is 0.229 e. The van der Waals surface area contributed by atoms with Gasteiger partial charge in [0.2, 0.25) is 5.91 Å². The van der Waals surface area contributed by atoms with Gasteiger partial charge in [-0.05, 0) is 26.3 Å². The minimum absolute atomic E-state index is 0.0301. The van der Waals surface area contributed by atoms with E-state index in [9.17, 15) is 4.79 Å². The Morgan fingerprint density at radius 1 is 1.38 bits per heavy atom. The number of carbonyl (C=O) groups excluding carboxylic acids is 1. The Morgan fingerprint density at radius 3 is 2.31 bits per heavy atom. The summed E-state index contributed by atoms with van der Waals surface area (Å²) in [6, 6.07) is 0. The topological polar surface area (TPSA) is 55.1 Å². The van der Waals surface area contributed by atoms with E-state index in [4.69, 9.17) is 5.73 Å². The molecule has 88 valence electrons. The first-order valence-corrected chi connectivity index (χ1v) is 5.41. The molecule has 16 heavy (non-hydrogen) atoms. The van der Waals surface area contributed by atoms with Crippen molar-refractivity contribution < 1.29 is 4.79 Å². The Bertz CT molecular complexity index is 375. The zero-order valence-electron chi connectivity index (χ0n) is 10.3. The molecular weight excluding hydrogens is 200 g/mol.